The number of benzene rings is 1. The van der Waals surface area contributed by atoms with Gasteiger partial charge in [-0.1, -0.05) is 30.3 Å². The number of nitrogens with one attached hydrogen (secondary N) is 1. The molecule has 0 aliphatic carbocycles. The molecule has 0 aliphatic heterocycles. The van der Waals surface area contributed by atoms with Crippen molar-refractivity contribution in [3.63, 3.8) is 0 Å². The Morgan fingerprint density at radius 1 is 1.23 bits per heavy atom. The van der Waals surface area contributed by atoms with Crippen molar-refractivity contribution in [2.75, 3.05) is 12.8 Å². The van der Waals surface area contributed by atoms with Crippen LogP contribution >= 0.6 is 0 Å². The van der Waals surface area contributed by atoms with E-state index < -0.39 is 11.5 Å². The molecule has 0 bridgehead atoms. The third-order valence-corrected chi connectivity index (χ3v) is 3.17. The largest absolute Gasteiger partial charge is 0.464 e. The Morgan fingerprint density at radius 3 is 2.64 bits per heavy atom. The molecule has 7 heteroatoms. The quantitative estimate of drug-likeness (QED) is 0.691. The van der Waals surface area contributed by atoms with Crippen LogP contribution in [0.3, 0.4) is 0 Å². The first-order chi connectivity index (χ1) is 10.6. The Labute approximate surface area is 124 Å². The van der Waals surface area contributed by atoms with Crippen molar-refractivity contribution in [3.05, 3.63) is 52.4 Å². The number of pyridine rings is 1. The molecule has 0 atom stereocenters. The highest BCUT2D eigenvalue weighted by molar-refractivity contribution is 5.98. The van der Waals surface area contributed by atoms with E-state index in [1.54, 1.807) is 0 Å². The highest BCUT2D eigenvalue weighted by Crippen LogP contribution is 2.25. The number of methoxy groups -OCH3 is 1. The fourth-order valence-electron chi connectivity index (χ4n) is 2.21. The number of ether oxygens (including phenoxy) is 1. The third kappa shape index (κ3) is 2.28. The molecule has 0 saturated carbocycles. The van der Waals surface area contributed by atoms with Gasteiger partial charge < -0.3 is 10.5 Å². The van der Waals surface area contributed by atoms with Crippen LogP contribution in [-0.4, -0.2) is 28.0 Å². The summed E-state index contributed by atoms with van der Waals surface area (Å²) in [6, 6.07) is 10.7. The molecule has 0 unspecified atom stereocenters. The second kappa shape index (κ2) is 5.28. The minimum absolute atomic E-state index is 0.0614. The van der Waals surface area contributed by atoms with Crippen molar-refractivity contribution >= 4 is 23.0 Å². The molecule has 3 aromatic rings. The number of hydrogen-bond donors (Lipinski definition) is 2. The van der Waals surface area contributed by atoms with Gasteiger partial charge in [-0.3, -0.25) is 9.78 Å². The van der Waals surface area contributed by atoms with Crippen LogP contribution in [0.4, 0.5) is 5.95 Å². The number of hydrogen-bond acceptors (Lipinski definition) is 6. The molecular weight excluding hydrogens is 284 g/mol. The summed E-state index contributed by atoms with van der Waals surface area (Å²) >= 11 is 0. The van der Waals surface area contributed by atoms with Gasteiger partial charge in [-0.2, -0.15) is 4.98 Å². The van der Waals surface area contributed by atoms with Crippen LogP contribution in [0.2, 0.25) is 0 Å². The van der Waals surface area contributed by atoms with E-state index in [1.165, 1.54) is 13.2 Å². The summed E-state index contributed by atoms with van der Waals surface area (Å²) in [7, 11) is 1.26. The van der Waals surface area contributed by atoms with Gasteiger partial charge in [-0.15, -0.1) is 0 Å². The fourth-order valence-corrected chi connectivity index (χ4v) is 2.21. The molecule has 2 aromatic heterocycles. The highest BCUT2D eigenvalue weighted by Gasteiger charge is 2.17. The van der Waals surface area contributed by atoms with E-state index in [9.17, 15) is 9.59 Å². The molecule has 22 heavy (non-hydrogen) atoms. The van der Waals surface area contributed by atoms with Gasteiger partial charge in [-0.05, 0) is 11.6 Å². The first-order valence-corrected chi connectivity index (χ1v) is 6.44. The molecule has 0 fully saturated rings. The lowest BCUT2D eigenvalue weighted by Crippen LogP contribution is -2.15. The van der Waals surface area contributed by atoms with Gasteiger partial charge in [0.05, 0.1) is 12.5 Å². The molecule has 0 amide bonds. The van der Waals surface area contributed by atoms with Crippen LogP contribution in [0.25, 0.3) is 22.2 Å². The number of H-pyrrole nitrogens is 1. The molecular formula is C15H12N4O3. The Balaban J connectivity index is 2.42. The van der Waals surface area contributed by atoms with Crippen molar-refractivity contribution < 1.29 is 9.53 Å². The molecule has 0 spiro atoms. The van der Waals surface area contributed by atoms with Gasteiger partial charge in [0.15, 0.2) is 11.3 Å². The van der Waals surface area contributed by atoms with Crippen LogP contribution in [0.5, 0.6) is 0 Å². The number of esters is 1. The summed E-state index contributed by atoms with van der Waals surface area (Å²) in [5.41, 5.74) is 6.60. The summed E-state index contributed by atoms with van der Waals surface area (Å²) in [5.74, 6) is -0.675. The number of nitrogens with zero attached hydrogens (tertiary/aromatic N) is 2. The Kier molecular flexibility index (Phi) is 3.30. The van der Waals surface area contributed by atoms with Crippen LogP contribution < -0.4 is 11.3 Å². The third-order valence-electron chi connectivity index (χ3n) is 3.17. The van der Waals surface area contributed by atoms with E-state index in [2.05, 4.69) is 15.0 Å². The number of aromatic amines is 1. The standard InChI is InChI=1S/C15H12N4O3/c1-22-14(21)10-7-9(8-5-3-2-4-6-8)11-12(17-10)18-15(16)19-13(11)20/h2-7H,1H3,(H3,16,17,18,19,20). The SMILES string of the molecule is COC(=O)c1cc(-c2ccccc2)c2c(=O)[nH]c(N)nc2n1. The summed E-state index contributed by atoms with van der Waals surface area (Å²) in [6.07, 6.45) is 0. The Bertz CT molecular complexity index is 919. The normalized spacial score (nSPS) is 10.6. The maximum atomic E-state index is 12.2. The van der Waals surface area contributed by atoms with Gasteiger partial charge in [0.1, 0.15) is 0 Å². The van der Waals surface area contributed by atoms with Crippen molar-refractivity contribution in [2.24, 2.45) is 0 Å². The van der Waals surface area contributed by atoms with Crippen LogP contribution in [-0.2, 0) is 4.74 Å². The van der Waals surface area contributed by atoms with Gasteiger partial charge in [0.25, 0.3) is 5.56 Å². The van der Waals surface area contributed by atoms with Crippen LogP contribution in [0.1, 0.15) is 10.5 Å². The first kappa shape index (κ1) is 13.7. The molecule has 0 saturated heterocycles. The molecule has 3 rings (SSSR count). The number of fused-ring (bicyclic) bond motifs is 1. The van der Waals surface area contributed by atoms with Gasteiger partial charge in [0.2, 0.25) is 5.95 Å². The number of nitrogen functional groups attached to an aromatic ring is 1. The first-order valence-electron chi connectivity index (χ1n) is 6.44. The summed E-state index contributed by atoms with van der Waals surface area (Å²) in [6.45, 7) is 0. The minimum Gasteiger partial charge on any atom is -0.464 e. The fraction of sp³-hybridized carbons (Fsp3) is 0.0667. The lowest BCUT2D eigenvalue weighted by Gasteiger charge is -2.08. The molecule has 0 radical (unpaired) electrons. The number of aromatic nitrogens is 3. The lowest BCUT2D eigenvalue weighted by molar-refractivity contribution is 0.0594. The molecule has 2 heterocycles. The average Bonchev–Trinajstić information content (AvgIpc) is 2.53. The molecule has 1 aromatic carbocycles. The van der Waals surface area contributed by atoms with Crippen molar-refractivity contribution in [3.8, 4) is 11.1 Å². The predicted molar refractivity (Wildman–Crippen MR) is 81.3 cm³/mol. The summed E-state index contributed by atoms with van der Waals surface area (Å²) < 4.78 is 4.69. The number of nitrogens with two attached hydrogens (primary N) is 1. The second-order valence-electron chi connectivity index (χ2n) is 4.56. The monoisotopic (exact) mass is 296 g/mol. The van der Waals surface area contributed by atoms with E-state index in [0.717, 1.165) is 5.56 Å². The molecule has 110 valence electrons. The van der Waals surface area contributed by atoms with Crippen molar-refractivity contribution in [1.82, 2.24) is 15.0 Å². The topological polar surface area (TPSA) is 111 Å². The summed E-state index contributed by atoms with van der Waals surface area (Å²) in [5, 5.41) is 0.271. The number of rotatable bonds is 2. The van der Waals surface area contributed by atoms with E-state index in [4.69, 9.17) is 10.5 Å². The maximum Gasteiger partial charge on any atom is 0.356 e. The second-order valence-corrected chi connectivity index (χ2v) is 4.56. The van der Waals surface area contributed by atoms with E-state index in [-0.39, 0.29) is 22.7 Å². The zero-order valence-electron chi connectivity index (χ0n) is 11.7. The van der Waals surface area contributed by atoms with Crippen molar-refractivity contribution in [2.45, 2.75) is 0 Å². The number of anilines is 1. The molecule has 7 nitrogen and oxygen atoms in total. The average molecular weight is 296 g/mol. The number of carbonyl (C=O) groups is 1. The molecule has 0 aliphatic rings. The highest BCUT2D eigenvalue weighted by atomic mass is 16.5. The lowest BCUT2D eigenvalue weighted by atomic mass is 10.0. The summed E-state index contributed by atoms with van der Waals surface area (Å²) in [4.78, 5) is 34.5. The zero-order valence-corrected chi connectivity index (χ0v) is 11.7. The van der Waals surface area contributed by atoms with Crippen molar-refractivity contribution in [1.29, 1.82) is 0 Å². The van der Waals surface area contributed by atoms with E-state index in [0.29, 0.717) is 5.56 Å². The Hall–Kier alpha value is -3.22. The maximum absolute atomic E-state index is 12.2. The van der Waals surface area contributed by atoms with Crippen LogP contribution in [0.15, 0.2) is 41.2 Å². The minimum atomic E-state index is -0.611. The van der Waals surface area contributed by atoms with E-state index >= 15 is 0 Å². The predicted octanol–water partition coefficient (Wildman–Crippen LogP) is 1.35. The van der Waals surface area contributed by atoms with Gasteiger partial charge in [-0.25, -0.2) is 9.78 Å². The zero-order chi connectivity index (χ0) is 15.7. The Morgan fingerprint density at radius 2 is 1.95 bits per heavy atom. The van der Waals surface area contributed by atoms with Crippen LogP contribution in [0, 0.1) is 0 Å². The van der Waals surface area contributed by atoms with Gasteiger partial charge in [0, 0.05) is 5.56 Å². The number of carbonyl (C=O) groups excluding carboxylic acids is 1. The molecule has 3 N–H and O–H groups in total. The van der Waals surface area contributed by atoms with E-state index in [1.807, 2.05) is 30.3 Å². The van der Waals surface area contributed by atoms with Gasteiger partial charge >= 0.3 is 5.97 Å². The smallest absolute Gasteiger partial charge is 0.356 e.